The van der Waals surface area contributed by atoms with Crippen molar-refractivity contribution < 1.29 is 14.1 Å². The quantitative estimate of drug-likeness (QED) is 0.772. The van der Waals surface area contributed by atoms with Crippen LogP contribution >= 0.6 is 11.6 Å². The maximum absolute atomic E-state index is 13.0. The van der Waals surface area contributed by atoms with Gasteiger partial charge < -0.3 is 4.52 Å². The Kier molecular flexibility index (Phi) is 3.14. The lowest BCUT2D eigenvalue weighted by Crippen LogP contribution is -2.32. The summed E-state index contributed by atoms with van der Waals surface area (Å²) in [6.45, 7) is 1.78. The molecule has 2 aliphatic carbocycles. The molecular weight excluding hydrogens is 340 g/mol. The summed E-state index contributed by atoms with van der Waals surface area (Å²) in [4.78, 5) is 27.1. The van der Waals surface area contributed by atoms with Crippen LogP contribution in [0, 0.1) is 30.6 Å². The predicted octanol–water partition coefficient (Wildman–Crippen LogP) is 3.57. The van der Waals surface area contributed by atoms with Gasteiger partial charge in [0.1, 0.15) is 0 Å². The molecule has 2 aromatic rings. The van der Waals surface area contributed by atoms with Crippen LogP contribution in [0.25, 0.3) is 0 Å². The zero-order valence-electron chi connectivity index (χ0n) is 13.7. The van der Waals surface area contributed by atoms with E-state index in [0.717, 1.165) is 12.8 Å². The highest BCUT2D eigenvalue weighted by molar-refractivity contribution is 6.30. The molecule has 0 radical (unpaired) electrons. The van der Waals surface area contributed by atoms with Crippen LogP contribution in [0.15, 0.2) is 34.9 Å². The fourth-order valence-corrected chi connectivity index (χ4v) is 5.35. The zero-order valence-corrected chi connectivity index (χ0v) is 14.4. The topological polar surface area (TPSA) is 63.4 Å². The van der Waals surface area contributed by atoms with Crippen molar-refractivity contribution in [2.45, 2.75) is 25.7 Å². The molecule has 1 aliphatic heterocycles. The van der Waals surface area contributed by atoms with E-state index in [-0.39, 0.29) is 41.4 Å². The average Bonchev–Trinajstić information content (AvgIpc) is 3.32. The number of rotatable bonds is 2. The summed E-state index contributed by atoms with van der Waals surface area (Å²) < 4.78 is 5.19. The van der Waals surface area contributed by atoms with Gasteiger partial charge in [0.25, 0.3) is 0 Å². The van der Waals surface area contributed by atoms with Crippen LogP contribution in [-0.4, -0.2) is 17.0 Å². The van der Waals surface area contributed by atoms with Crippen molar-refractivity contribution in [2.24, 2.45) is 23.7 Å². The Hall–Kier alpha value is -2.14. The van der Waals surface area contributed by atoms with E-state index in [1.807, 2.05) is 24.3 Å². The van der Waals surface area contributed by atoms with Gasteiger partial charge in [0.05, 0.1) is 17.5 Å². The van der Waals surface area contributed by atoms with E-state index in [1.165, 1.54) is 10.5 Å². The second kappa shape index (κ2) is 5.18. The van der Waals surface area contributed by atoms with E-state index in [1.54, 1.807) is 13.0 Å². The van der Waals surface area contributed by atoms with Crippen molar-refractivity contribution in [3.8, 4) is 0 Å². The largest absolute Gasteiger partial charge is 0.338 e. The number of carbonyl (C=O) groups is 2. The lowest BCUT2D eigenvalue weighted by atomic mass is 9.73. The lowest BCUT2D eigenvalue weighted by Gasteiger charge is -2.28. The summed E-state index contributed by atoms with van der Waals surface area (Å²) in [5, 5.41) is 4.53. The van der Waals surface area contributed by atoms with Crippen molar-refractivity contribution in [1.29, 1.82) is 0 Å². The molecule has 6 heteroatoms. The number of aryl methyl sites for hydroxylation is 1. The number of nitrogens with zero attached hydrogens (tertiary/aromatic N) is 2. The minimum atomic E-state index is -0.239. The fraction of sp³-hybridized carbons (Fsp3) is 0.421. The zero-order chi connectivity index (χ0) is 17.3. The number of halogens is 1. The molecule has 1 saturated heterocycles. The molecule has 3 fully saturated rings. The monoisotopic (exact) mass is 356 g/mol. The van der Waals surface area contributed by atoms with Gasteiger partial charge >= 0.3 is 0 Å². The van der Waals surface area contributed by atoms with Gasteiger partial charge in [-0.3, -0.25) is 9.59 Å². The van der Waals surface area contributed by atoms with Crippen LogP contribution in [0.5, 0.6) is 0 Å². The maximum Gasteiger partial charge on any atom is 0.240 e. The van der Waals surface area contributed by atoms with Crippen molar-refractivity contribution in [3.63, 3.8) is 0 Å². The average molecular weight is 357 g/mol. The SMILES string of the molecule is Cc1cc(N2C(=O)[C@@H]3[C@@H]4CC(c5ccc(Cl)cc5)[C@@H](C4)[C@@H]3C2=O)on1. The smallest absolute Gasteiger partial charge is 0.240 e. The Morgan fingerprint density at radius 3 is 2.52 bits per heavy atom. The van der Waals surface area contributed by atoms with Crippen molar-refractivity contribution in [3.05, 3.63) is 46.6 Å². The Labute approximate surface area is 149 Å². The van der Waals surface area contributed by atoms with Gasteiger partial charge in [0, 0.05) is 11.1 Å². The minimum absolute atomic E-state index is 0.117. The third kappa shape index (κ3) is 2.05. The number of anilines is 1. The summed E-state index contributed by atoms with van der Waals surface area (Å²) in [6.07, 6.45) is 1.90. The molecule has 2 saturated carbocycles. The second-order valence-electron chi connectivity index (χ2n) is 7.42. The van der Waals surface area contributed by atoms with Crippen LogP contribution in [0.2, 0.25) is 5.02 Å². The summed E-state index contributed by atoms with van der Waals surface area (Å²) >= 11 is 6.00. The Morgan fingerprint density at radius 1 is 1.12 bits per heavy atom. The Balaban J connectivity index is 1.48. The molecule has 1 aromatic heterocycles. The van der Waals surface area contributed by atoms with E-state index in [4.69, 9.17) is 16.1 Å². The fourth-order valence-electron chi connectivity index (χ4n) is 5.23. The van der Waals surface area contributed by atoms with Gasteiger partial charge in [0.15, 0.2) is 0 Å². The molecule has 1 unspecified atom stereocenters. The Bertz CT molecular complexity index is 875. The van der Waals surface area contributed by atoms with Gasteiger partial charge in [0.2, 0.25) is 17.7 Å². The van der Waals surface area contributed by atoms with Crippen LogP contribution < -0.4 is 4.90 Å². The highest BCUT2D eigenvalue weighted by Crippen LogP contribution is 2.61. The summed E-state index contributed by atoms with van der Waals surface area (Å²) in [5.41, 5.74) is 1.87. The minimum Gasteiger partial charge on any atom is -0.338 e. The summed E-state index contributed by atoms with van der Waals surface area (Å²) in [6, 6.07) is 9.52. The first-order chi connectivity index (χ1) is 12.0. The number of benzene rings is 1. The van der Waals surface area contributed by atoms with E-state index in [0.29, 0.717) is 16.6 Å². The molecule has 25 heavy (non-hydrogen) atoms. The number of fused-ring (bicyclic) bond motifs is 5. The first-order valence-electron chi connectivity index (χ1n) is 8.61. The highest BCUT2D eigenvalue weighted by Gasteiger charge is 2.64. The standard InChI is InChI=1S/C19H17ClN2O3/c1-9-6-15(25-21-9)22-18(23)16-11-7-13(10-2-4-12(20)5-3-10)14(8-11)17(16)19(22)24/h2-6,11,13-14,16-17H,7-8H2,1H3/t11-,13?,14-,16-,17+/m1/s1. The van der Waals surface area contributed by atoms with Gasteiger partial charge in [-0.2, -0.15) is 0 Å². The molecule has 128 valence electrons. The van der Waals surface area contributed by atoms with Crippen LogP contribution in [0.4, 0.5) is 5.88 Å². The van der Waals surface area contributed by atoms with Crippen LogP contribution in [-0.2, 0) is 9.59 Å². The molecule has 2 bridgehead atoms. The van der Waals surface area contributed by atoms with Crippen LogP contribution in [0.3, 0.4) is 0 Å². The van der Waals surface area contributed by atoms with Crippen molar-refractivity contribution >= 4 is 29.3 Å². The second-order valence-corrected chi connectivity index (χ2v) is 7.86. The van der Waals surface area contributed by atoms with E-state index in [9.17, 15) is 9.59 Å². The molecular formula is C19H17ClN2O3. The van der Waals surface area contributed by atoms with Gasteiger partial charge in [-0.25, -0.2) is 4.90 Å². The normalized spacial score (nSPS) is 33.4. The van der Waals surface area contributed by atoms with E-state index < -0.39 is 0 Å². The van der Waals surface area contributed by atoms with E-state index >= 15 is 0 Å². The molecule has 0 N–H and O–H groups in total. The molecule has 5 atom stereocenters. The number of carbonyl (C=O) groups excluding carboxylic acids is 2. The van der Waals surface area contributed by atoms with Gasteiger partial charge in [-0.05, 0) is 55.2 Å². The van der Waals surface area contributed by atoms with Crippen LogP contribution in [0.1, 0.15) is 30.0 Å². The maximum atomic E-state index is 13.0. The van der Waals surface area contributed by atoms with Crippen molar-refractivity contribution in [1.82, 2.24) is 5.16 Å². The molecule has 0 spiro atoms. The molecule has 1 aromatic carbocycles. The van der Waals surface area contributed by atoms with Crippen molar-refractivity contribution in [2.75, 3.05) is 4.90 Å². The number of amides is 2. The van der Waals surface area contributed by atoms with E-state index in [2.05, 4.69) is 5.16 Å². The first kappa shape index (κ1) is 15.1. The third-order valence-electron chi connectivity index (χ3n) is 6.15. The number of hydrogen-bond acceptors (Lipinski definition) is 4. The first-order valence-corrected chi connectivity index (χ1v) is 8.99. The predicted molar refractivity (Wildman–Crippen MR) is 91.1 cm³/mol. The lowest BCUT2D eigenvalue weighted by molar-refractivity contribution is -0.123. The van der Waals surface area contributed by atoms with Gasteiger partial charge in [-0.1, -0.05) is 28.9 Å². The number of aromatic nitrogens is 1. The third-order valence-corrected chi connectivity index (χ3v) is 6.40. The molecule has 3 aliphatic rings. The molecule has 2 amide bonds. The van der Waals surface area contributed by atoms with Gasteiger partial charge in [-0.15, -0.1) is 0 Å². The molecule has 5 nitrogen and oxygen atoms in total. The molecule has 2 heterocycles. The summed E-state index contributed by atoms with van der Waals surface area (Å²) in [5.74, 6) is 0.359. The number of imide groups is 1. The number of hydrogen-bond donors (Lipinski definition) is 0. The molecule has 5 rings (SSSR count). The highest BCUT2D eigenvalue weighted by atomic mass is 35.5. The Morgan fingerprint density at radius 2 is 1.84 bits per heavy atom. The summed E-state index contributed by atoms with van der Waals surface area (Å²) in [7, 11) is 0.